The molecule has 5 heteroatoms. The molecule has 1 aromatic heterocycles. The highest BCUT2D eigenvalue weighted by Gasteiger charge is 2.36. The Bertz CT molecular complexity index is 770. The summed E-state index contributed by atoms with van der Waals surface area (Å²) in [5.74, 6) is 0.783. The van der Waals surface area contributed by atoms with E-state index in [1.54, 1.807) is 6.20 Å². The lowest BCUT2D eigenvalue weighted by atomic mass is 9.87. The first-order valence-corrected chi connectivity index (χ1v) is 8.76. The number of rotatable bonds is 2. The molecule has 2 aromatic rings. The van der Waals surface area contributed by atoms with Gasteiger partial charge in [-0.2, -0.15) is 0 Å². The number of likely N-dealkylation sites (tertiary alicyclic amines) is 1. The largest absolute Gasteiger partial charge is 0.444 e. The average molecular weight is 338 g/mol. The number of ether oxygens (including phenoxy) is 1. The molecule has 0 atom stereocenters. The van der Waals surface area contributed by atoms with Crippen molar-refractivity contribution in [3.05, 3.63) is 54.1 Å². The number of benzene rings is 1. The van der Waals surface area contributed by atoms with Crippen LogP contribution in [0.25, 0.3) is 11.3 Å². The van der Waals surface area contributed by atoms with Crippen molar-refractivity contribution in [2.45, 2.75) is 31.8 Å². The van der Waals surface area contributed by atoms with E-state index in [0.29, 0.717) is 11.3 Å². The molecule has 1 saturated heterocycles. The Kier molecular flexibility index (Phi) is 4.17. The van der Waals surface area contributed by atoms with E-state index in [4.69, 9.17) is 9.15 Å². The Balaban J connectivity index is 1.43. The van der Waals surface area contributed by atoms with E-state index in [-0.39, 0.29) is 11.5 Å². The number of piperidine rings is 1. The van der Waals surface area contributed by atoms with Gasteiger partial charge in [-0.3, -0.25) is 4.79 Å². The fourth-order valence-corrected chi connectivity index (χ4v) is 3.67. The van der Waals surface area contributed by atoms with Crippen molar-refractivity contribution in [3.8, 4) is 11.3 Å². The van der Waals surface area contributed by atoms with Crippen LogP contribution in [0.4, 0.5) is 0 Å². The van der Waals surface area contributed by atoms with Gasteiger partial charge in [-0.1, -0.05) is 23.8 Å². The maximum Gasteiger partial charge on any atom is 0.253 e. The summed E-state index contributed by atoms with van der Waals surface area (Å²) in [4.78, 5) is 18.6. The molecular formula is C20H22N2O3. The van der Waals surface area contributed by atoms with Crippen LogP contribution in [-0.4, -0.2) is 41.1 Å². The van der Waals surface area contributed by atoms with Crippen molar-refractivity contribution in [2.24, 2.45) is 0 Å². The molecule has 4 rings (SSSR count). The highest BCUT2D eigenvalue weighted by Crippen LogP contribution is 2.33. The third kappa shape index (κ3) is 3.24. The molecule has 2 aliphatic rings. The number of amides is 1. The van der Waals surface area contributed by atoms with Crippen LogP contribution in [0.3, 0.4) is 0 Å². The molecule has 0 bridgehead atoms. The first-order valence-electron chi connectivity index (χ1n) is 8.76. The summed E-state index contributed by atoms with van der Waals surface area (Å²) in [5, 5.41) is 0. The van der Waals surface area contributed by atoms with Gasteiger partial charge in [0.25, 0.3) is 5.91 Å². The van der Waals surface area contributed by atoms with Gasteiger partial charge in [0.05, 0.1) is 18.4 Å². The lowest BCUT2D eigenvalue weighted by molar-refractivity contribution is -0.0522. The standard InChI is InChI=1S/C20H22N2O3/c1-15-6-11-25-20(12-15)7-9-22(10-8-20)19(23)17-4-2-16(3-5-17)18-13-21-14-24-18/h2-5,12-14H,6-11H2,1H3. The second-order valence-corrected chi connectivity index (χ2v) is 6.89. The number of aromatic nitrogens is 1. The number of oxazole rings is 1. The predicted octanol–water partition coefficient (Wildman–Crippen LogP) is 3.68. The first kappa shape index (κ1) is 16.1. The summed E-state index contributed by atoms with van der Waals surface area (Å²) in [6.45, 7) is 4.41. The van der Waals surface area contributed by atoms with E-state index in [1.165, 1.54) is 12.0 Å². The van der Waals surface area contributed by atoms with Gasteiger partial charge in [-0.05, 0) is 38.3 Å². The van der Waals surface area contributed by atoms with E-state index >= 15 is 0 Å². The number of nitrogens with zero attached hydrogens (tertiary/aromatic N) is 2. The summed E-state index contributed by atoms with van der Waals surface area (Å²) < 4.78 is 11.3. The average Bonchev–Trinajstić information content (AvgIpc) is 3.17. The van der Waals surface area contributed by atoms with Crippen molar-refractivity contribution in [2.75, 3.05) is 19.7 Å². The van der Waals surface area contributed by atoms with Gasteiger partial charge in [0.1, 0.15) is 0 Å². The smallest absolute Gasteiger partial charge is 0.253 e. The zero-order valence-electron chi connectivity index (χ0n) is 14.4. The summed E-state index contributed by atoms with van der Waals surface area (Å²) in [5.41, 5.74) is 2.86. The fourth-order valence-electron chi connectivity index (χ4n) is 3.67. The third-order valence-corrected chi connectivity index (χ3v) is 5.14. The number of carbonyl (C=O) groups excluding carboxylic acids is 1. The van der Waals surface area contributed by atoms with E-state index in [9.17, 15) is 4.79 Å². The molecule has 130 valence electrons. The topological polar surface area (TPSA) is 55.6 Å². The fraction of sp³-hybridized carbons (Fsp3) is 0.400. The molecule has 1 spiro atoms. The zero-order valence-corrected chi connectivity index (χ0v) is 14.4. The molecule has 0 N–H and O–H groups in total. The monoisotopic (exact) mass is 338 g/mol. The second-order valence-electron chi connectivity index (χ2n) is 6.89. The van der Waals surface area contributed by atoms with Gasteiger partial charge in [0.15, 0.2) is 12.2 Å². The SMILES string of the molecule is CC1=CC2(CCN(C(=O)c3ccc(-c4cnco4)cc3)CC2)OCC1. The molecule has 0 radical (unpaired) electrons. The lowest BCUT2D eigenvalue weighted by Gasteiger charge is -2.42. The van der Waals surface area contributed by atoms with Crippen LogP contribution in [-0.2, 0) is 4.74 Å². The lowest BCUT2D eigenvalue weighted by Crippen LogP contribution is -2.48. The van der Waals surface area contributed by atoms with Crippen LogP contribution >= 0.6 is 0 Å². The van der Waals surface area contributed by atoms with Gasteiger partial charge >= 0.3 is 0 Å². The first-order chi connectivity index (χ1) is 12.2. The Morgan fingerprint density at radius 1 is 1.20 bits per heavy atom. The maximum atomic E-state index is 12.8. The minimum Gasteiger partial charge on any atom is -0.444 e. The summed E-state index contributed by atoms with van der Waals surface area (Å²) >= 11 is 0. The van der Waals surface area contributed by atoms with Crippen molar-refractivity contribution in [1.29, 1.82) is 0 Å². The molecule has 1 amide bonds. The van der Waals surface area contributed by atoms with E-state index in [0.717, 1.165) is 44.5 Å². The molecule has 25 heavy (non-hydrogen) atoms. The number of hydrogen-bond acceptors (Lipinski definition) is 4. The highest BCUT2D eigenvalue weighted by atomic mass is 16.5. The minimum absolute atomic E-state index is 0.0791. The molecule has 5 nitrogen and oxygen atoms in total. The second kappa shape index (κ2) is 6.48. The van der Waals surface area contributed by atoms with Gasteiger partial charge in [-0.25, -0.2) is 4.98 Å². The molecule has 2 aliphatic heterocycles. The van der Waals surface area contributed by atoms with Crippen LogP contribution in [0.2, 0.25) is 0 Å². The molecule has 0 unspecified atom stereocenters. The van der Waals surface area contributed by atoms with Crippen LogP contribution < -0.4 is 0 Å². The molecule has 1 fully saturated rings. The van der Waals surface area contributed by atoms with E-state index in [2.05, 4.69) is 18.0 Å². The predicted molar refractivity (Wildman–Crippen MR) is 94.1 cm³/mol. The van der Waals surface area contributed by atoms with Crippen LogP contribution in [0.5, 0.6) is 0 Å². The van der Waals surface area contributed by atoms with Gasteiger partial charge in [-0.15, -0.1) is 0 Å². The maximum absolute atomic E-state index is 12.8. The third-order valence-electron chi connectivity index (χ3n) is 5.14. The van der Waals surface area contributed by atoms with Gasteiger partial charge < -0.3 is 14.1 Å². The van der Waals surface area contributed by atoms with Crippen LogP contribution in [0, 0.1) is 0 Å². The molecule has 3 heterocycles. The van der Waals surface area contributed by atoms with E-state index < -0.39 is 0 Å². The van der Waals surface area contributed by atoms with Crippen LogP contribution in [0.15, 0.2) is 52.9 Å². The minimum atomic E-state index is -0.157. The van der Waals surface area contributed by atoms with Gasteiger partial charge in [0.2, 0.25) is 0 Å². The van der Waals surface area contributed by atoms with Crippen LogP contribution in [0.1, 0.15) is 36.5 Å². The van der Waals surface area contributed by atoms with Crippen molar-refractivity contribution in [3.63, 3.8) is 0 Å². The highest BCUT2D eigenvalue weighted by molar-refractivity contribution is 5.94. The Hall–Kier alpha value is -2.40. The molecular weight excluding hydrogens is 316 g/mol. The number of hydrogen-bond donors (Lipinski definition) is 0. The van der Waals surface area contributed by atoms with Crippen molar-refractivity contribution >= 4 is 5.91 Å². The summed E-state index contributed by atoms with van der Waals surface area (Å²) in [6, 6.07) is 7.50. The normalized spacial score (nSPS) is 19.7. The number of carbonyl (C=O) groups is 1. The summed E-state index contributed by atoms with van der Waals surface area (Å²) in [6.07, 6.45) is 8.09. The van der Waals surface area contributed by atoms with Crippen molar-refractivity contribution < 1.29 is 13.9 Å². The Morgan fingerprint density at radius 3 is 2.60 bits per heavy atom. The quantitative estimate of drug-likeness (QED) is 0.784. The molecule has 1 aromatic carbocycles. The Morgan fingerprint density at radius 2 is 1.96 bits per heavy atom. The molecule has 0 saturated carbocycles. The van der Waals surface area contributed by atoms with Crippen molar-refractivity contribution in [1.82, 2.24) is 9.88 Å². The summed E-state index contributed by atoms with van der Waals surface area (Å²) in [7, 11) is 0. The molecule has 0 aliphatic carbocycles. The van der Waals surface area contributed by atoms with E-state index in [1.807, 2.05) is 29.2 Å². The van der Waals surface area contributed by atoms with Gasteiger partial charge in [0, 0.05) is 24.2 Å². The Labute approximate surface area is 147 Å². The zero-order chi connectivity index (χ0) is 17.3.